The van der Waals surface area contributed by atoms with Crippen molar-refractivity contribution in [2.24, 2.45) is 5.73 Å². The predicted octanol–water partition coefficient (Wildman–Crippen LogP) is 1.89. The average Bonchev–Trinajstić information content (AvgIpc) is 2.37. The Kier molecular flexibility index (Phi) is 2.42. The number of aromatic nitrogens is 1. The maximum absolute atomic E-state index is 5.97. The van der Waals surface area contributed by atoms with Crippen LogP contribution < -0.4 is 5.73 Å². The number of nitrogens with zero attached hydrogens (tertiary/aromatic N) is 1. The first-order valence-corrected chi connectivity index (χ1v) is 4.34. The van der Waals surface area contributed by atoms with Gasteiger partial charge in [-0.3, -0.25) is 0 Å². The number of hydrogen-bond donors (Lipinski definition) is 1. The molecule has 0 spiro atoms. The van der Waals surface area contributed by atoms with Gasteiger partial charge in [-0.25, -0.2) is 4.98 Å². The maximum Gasteiger partial charge on any atom is 0.112 e. The van der Waals surface area contributed by atoms with Gasteiger partial charge in [-0.2, -0.15) is 0 Å². The summed E-state index contributed by atoms with van der Waals surface area (Å²) in [6.45, 7) is 5.62. The highest BCUT2D eigenvalue weighted by Crippen LogP contribution is 2.23. The van der Waals surface area contributed by atoms with Crippen LogP contribution in [0, 0.1) is 0 Å². The van der Waals surface area contributed by atoms with E-state index in [1.54, 1.807) is 17.5 Å². The Labute approximate surface area is 70.8 Å². The largest absolute Gasteiger partial charge is 0.319 e. The Hall–Kier alpha value is -0.670. The van der Waals surface area contributed by atoms with Gasteiger partial charge in [0, 0.05) is 11.6 Å². The van der Waals surface area contributed by atoms with Gasteiger partial charge in [0.1, 0.15) is 5.01 Å². The molecule has 60 valence electrons. The van der Waals surface area contributed by atoms with Crippen molar-refractivity contribution in [2.75, 3.05) is 0 Å². The van der Waals surface area contributed by atoms with E-state index in [9.17, 15) is 0 Å². The lowest BCUT2D eigenvalue weighted by Gasteiger charge is -2.19. The lowest BCUT2D eigenvalue weighted by Crippen LogP contribution is -2.31. The molecule has 0 radical (unpaired) electrons. The highest BCUT2D eigenvalue weighted by atomic mass is 32.1. The van der Waals surface area contributed by atoms with Crippen LogP contribution in [0.2, 0.25) is 0 Å². The number of nitrogens with two attached hydrogens (primary N) is 1. The van der Waals surface area contributed by atoms with Crippen LogP contribution >= 0.6 is 11.3 Å². The van der Waals surface area contributed by atoms with Crippen LogP contribution in [0.1, 0.15) is 18.4 Å². The first kappa shape index (κ1) is 8.43. The van der Waals surface area contributed by atoms with Crippen LogP contribution in [0.3, 0.4) is 0 Å². The Morgan fingerprint density at radius 3 is 3.09 bits per heavy atom. The summed E-state index contributed by atoms with van der Waals surface area (Å²) >= 11 is 1.59. The second kappa shape index (κ2) is 3.15. The second-order valence-corrected chi connectivity index (χ2v) is 3.64. The summed E-state index contributed by atoms with van der Waals surface area (Å²) in [4.78, 5) is 4.15. The van der Waals surface area contributed by atoms with E-state index in [2.05, 4.69) is 11.6 Å². The molecule has 0 aliphatic carbocycles. The van der Waals surface area contributed by atoms with E-state index in [1.165, 1.54) is 0 Å². The van der Waals surface area contributed by atoms with Crippen molar-refractivity contribution in [2.45, 2.75) is 18.9 Å². The summed E-state index contributed by atoms with van der Waals surface area (Å²) in [6.07, 6.45) is 4.36. The molecular weight excluding hydrogens is 156 g/mol. The molecule has 1 atom stereocenters. The maximum atomic E-state index is 5.97. The minimum atomic E-state index is -0.337. The molecule has 0 saturated carbocycles. The van der Waals surface area contributed by atoms with Gasteiger partial charge in [-0.05, 0) is 13.3 Å². The molecular formula is C8H12N2S. The molecule has 3 heteroatoms. The van der Waals surface area contributed by atoms with E-state index in [4.69, 9.17) is 5.73 Å². The zero-order chi connectivity index (χ0) is 8.32. The van der Waals surface area contributed by atoms with Gasteiger partial charge >= 0.3 is 0 Å². The molecule has 2 N–H and O–H groups in total. The standard InChI is InChI=1S/C8H12N2S/c1-3-4-8(2,9)7-10-5-6-11-7/h3,5-6H,1,4,9H2,2H3. The Balaban J connectivity index is 2.81. The zero-order valence-electron chi connectivity index (χ0n) is 6.58. The molecule has 0 fully saturated rings. The van der Waals surface area contributed by atoms with Crippen LogP contribution in [-0.2, 0) is 5.54 Å². The topological polar surface area (TPSA) is 38.9 Å². The number of thiazole rings is 1. The fourth-order valence-corrected chi connectivity index (χ4v) is 1.62. The molecule has 0 bridgehead atoms. The van der Waals surface area contributed by atoms with Crippen molar-refractivity contribution in [3.8, 4) is 0 Å². The van der Waals surface area contributed by atoms with Crippen molar-refractivity contribution in [3.05, 3.63) is 29.2 Å². The number of hydrogen-bond acceptors (Lipinski definition) is 3. The van der Waals surface area contributed by atoms with E-state index >= 15 is 0 Å². The van der Waals surface area contributed by atoms with E-state index in [0.29, 0.717) is 0 Å². The molecule has 0 saturated heterocycles. The lowest BCUT2D eigenvalue weighted by atomic mass is 10.0. The van der Waals surface area contributed by atoms with Crippen molar-refractivity contribution in [3.63, 3.8) is 0 Å². The third-order valence-corrected chi connectivity index (χ3v) is 2.54. The van der Waals surface area contributed by atoms with Gasteiger partial charge in [0.2, 0.25) is 0 Å². The molecule has 11 heavy (non-hydrogen) atoms. The minimum Gasteiger partial charge on any atom is -0.319 e. The van der Waals surface area contributed by atoms with Gasteiger partial charge in [-0.15, -0.1) is 17.9 Å². The third kappa shape index (κ3) is 1.88. The molecule has 2 nitrogen and oxygen atoms in total. The molecule has 1 aromatic rings. The summed E-state index contributed by atoms with van der Waals surface area (Å²) < 4.78 is 0. The van der Waals surface area contributed by atoms with Gasteiger partial charge in [0.25, 0.3) is 0 Å². The van der Waals surface area contributed by atoms with Gasteiger partial charge in [0.15, 0.2) is 0 Å². The highest BCUT2D eigenvalue weighted by molar-refractivity contribution is 7.09. The summed E-state index contributed by atoms with van der Waals surface area (Å²) in [5.74, 6) is 0. The van der Waals surface area contributed by atoms with Crippen molar-refractivity contribution in [1.82, 2.24) is 4.98 Å². The normalized spacial score (nSPS) is 15.8. The summed E-state index contributed by atoms with van der Waals surface area (Å²) in [5, 5.41) is 2.90. The predicted molar refractivity (Wildman–Crippen MR) is 48.5 cm³/mol. The molecule has 0 amide bonds. The van der Waals surface area contributed by atoms with Crippen molar-refractivity contribution in [1.29, 1.82) is 0 Å². The zero-order valence-corrected chi connectivity index (χ0v) is 7.40. The monoisotopic (exact) mass is 168 g/mol. The summed E-state index contributed by atoms with van der Waals surface area (Å²) in [5.41, 5.74) is 5.63. The SMILES string of the molecule is C=CCC(C)(N)c1nccs1. The van der Waals surface area contributed by atoms with E-state index < -0.39 is 0 Å². The smallest absolute Gasteiger partial charge is 0.112 e. The van der Waals surface area contributed by atoms with Crippen LogP contribution in [0.25, 0.3) is 0 Å². The van der Waals surface area contributed by atoms with Gasteiger partial charge in [0.05, 0.1) is 5.54 Å². The van der Waals surface area contributed by atoms with E-state index in [1.807, 2.05) is 18.4 Å². The molecule has 0 aliphatic heterocycles. The molecule has 1 unspecified atom stereocenters. The van der Waals surface area contributed by atoms with Crippen LogP contribution in [-0.4, -0.2) is 4.98 Å². The Bertz CT molecular complexity index is 226. The molecule has 1 heterocycles. The fourth-order valence-electron chi connectivity index (χ4n) is 0.893. The van der Waals surface area contributed by atoms with Gasteiger partial charge in [-0.1, -0.05) is 6.08 Å². The first-order chi connectivity index (χ1) is 5.17. The summed E-state index contributed by atoms with van der Waals surface area (Å²) in [7, 11) is 0. The molecule has 1 rings (SSSR count). The number of rotatable bonds is 3. The van der Waals surface area contributed by atoms with Crippen molar-refractivity contribution >= 4 is 11.3 Å². The van der Waals surface area contributed by atoms with Crippen LogP contribution in [0.4, 0.5) is 0 Å². The highest BCUT2D eigenvalue weighted by Gasteiger charge is 2.21. The fraction of sp³-hybridized carbons (Fsp3) is 0.375. The Morgan fingerprint density at radius 2 is 2.64 bits per heavy atom. The van der Waals surface area contributed by atoms with Crippen LogP contribution in [0.5, 0.6) is 0 Å². The molecule has 0 aliphatic rings. The van der Waals surface area contributed by atoms with E-state index in [0.717, 1.165) is 11.4 Å². The summed E-state index contributed by atoms with van der Waals surface area (Å²) in [6, 6.07) is 0. The third-order valence-electron chi connectivity index (χ3n) is 1.49. The van der Waals surface area contributed by atoms with Crippen LogP contribution in [0.15, 0.2) is 24.2 Å². The molecule has 1 aromatic heterocycles. The molecule has 0 aromatic carbocycles. The van der Waals surface area contributed by atoms with Crippen molar-refractivity contribution < 1.29 is 0 Å². The quantitative estimate of drug-likeness (QED) is 0.700. The lowest BCUT2D eigenvalue weighted by molar-refractivity contribution is 0.499. The average molecular weight is 168 g/mol. The second-order valence-electron chi connectivity index (χ2n) is 2.75. The Morgan fingerprint density at radius 1 is 1.91 bits per heavy atom. The van der Waals surface area contributed by atoms with E-state index in [-0.39, 0.29) is 5.54 Å². The van der Waals surface area contributed by atoms with Gasteiger partial charge < -0.3 is 5.73 Å². The minimum absolute atomic E-state index is 0.337. The first-order valence-electron chi connectivity index (χ1n) is 3.46.